The molecule has 0 amide bonds. The summed E-state index contributed by atoms with van der Waals surface area (Å²) in [7, 11) is 0. The summed E-state index contributed by atoms with van der Waals surface area (Å²) >= 11 is 0. The van der Waals surface area contributed by atoms with Crippen molar-refractivity contribution in [2.24, 2.45) is 0 Å². The normalized spacial score (nSPS) is 12.7. The molecular formula is C20H32O4. The second-order valence-corrected chi connectivity index (χ2v) is 5.63. The van der Waals surface area contributed by atoms with E-state index in [9.17, 15) is 4.79 Å². The minimum atomic E-state index is -0.733. The maximum absolute atomic E-state index is 10.3. The average Bonchev–Trinajstić information content (AvgIpc) is 2.57. The van der Waals surface area contributed by atoms with Gasteiger partial charge in [-0.3, -0.25) is 4.79 Å². The molecule has 0 aliphatic carbocycles. The molecule has 0 aromatic heterocycles. The molecule has 136 valence electrons. The molecule has 0 aliphatic rings. The quantitative estimate of drug-likeness (QED) is 0.126. The van der Waals surface area contributed by atoms with E-state index in [1.54, 1.807) is 0 Å². The molecule has 24 heavy (non-hydrogen) atoms. The van der Waals surface area contributed by atoms with Crippen LogP contribution in [-0.2, 0) is 9.68 Å². The Morgan fingerprint density at radius 3 is 2.08 bits per heavy atom. The molecule has 0 fully saturated rings. The van der Waals surface area contributed by atoms with Crippen LogP contribution >= 0.6 is 0 Å². The van der Waals surface area contributed by atoms with Crippen molar-refractivity contribution in [3.8, 4) is 0 Å². The van der Waals surface area contributed by atoms with Gasteiger partial charge in [-0.1, -0.05) is 56.2 Å². The third-order valence-corrected chi connectivity index (χ3v) is 3.43. The highest BCUT2D eigenvalue weighted by Gasteiger charge is 1.96. The minimum Gasteiger partial charge on any atom is -0.481 e. The van der Waals surface area contributed by atoms with Crippen LogP contribution in [0.5, 0.6) is 0 Å². The highest BCUT2D eigenvalue weighted by molar-refractivity contribution is 5.66. The molecule has 0 bridgehead atoms. The lowest BCUT2D eigenvalue weighted by molar-refractivity contribution is -0.206. The van der Waals surface area contributed by atoms with Crippen molar-refractivity contribution in [2.45, 2.75) is 71.1 Å². The molecule has 0 aliphatic heterocycles. The summed E-state index contributed by atoms with van der Waals surface area (Å²) < 4.78 is 0. The molecule has 4 nitrogen and oxygen atoms in total. The van der Waals surface area contributed by atoms with Crippen LogP contribution in [0, 0.1) is 0 Å². The summed E-state index contributed by atoms with van der Waals surface area (Å²) in [5.41, 5.74) is 0. The second-order valence-electron chi connectivity index (χ2n) is 5.63. The zero-order valence-electron chi connectivity index (χ0n) is 14.8. The molecule has 0 heterocycles. The van der Waals surface area contributed by atoms with Gasteiger partial charge in [0.05, 0.1) is 0 Å². The molecule has 0 aromatic rings. The van der Waals surface area contributed by atoms with Crippen LogP contribution in [0.3, 0.4) is 0 Å². The van der Waals surface area contributed by atoms with E-state index in [2.05, 4.69) is 42.2 Å². The Hall–Kier alpha value is -1.81. The van der Waals surface area contributed by atoms with Crippen molar-refractivity contribution < 1.29 is 20.0 Å². The molecule has 0 rings (SSSR count). The fraction of sp³-hybridized carbons (Fsp3) is 0.550. The van der Waals surface area contributed by atoms with Crippen molar-refractivity contribution in [1.82, 2.24) is 0 Å². The lowest BCUT2D eigenvalue weighted by Crippen LogP contribution is -1.92. The number of allylic oxidation sites excluding steroid dienone is 8. The highest BCUT2D eigenvalue weighted by atomic mass is 17.1. The first-order valence-corrected chi connectivity index (χ1v) is 8.88. The standard InChI is InChI=1S/C20H32O4/c1-2-3-13-16-19(24-23)17-14-11-9-7-5-4-6-8-10-12-15-18-20(21)22/h4-5,8-11,17,23H,2-3,6-7,12-16,18H2,1H3,(H,21,22). The maximum atomic E-state index is 10.3. The number of carbonyl (C=O) groups is 1. The molecule has 0 saturated heterocycles. The first-order chi connectivity index (χ1) is 11.7. The van der Waals surface area contributed by atoms with Crippen LogP contribution in [0.2, 0.25) is 0 Å². The van der Waals surface area contributed by atoms with E-state index in [-0.39, 0.29) is 6.42 Å². The zero-order chi connectivity index (χ0) is 17.9. The van der Waals surface area contributed by atoms with Gasteiger partial charge in [-0.25, -0.2) is 5.26 Å². The second kappa shape index (κ2) is 17.5. The number of aliphatic carboxylic acids is 1. The molecule has 2 N–H and O–H groups in total. The topological polar surface area (TPSA) is 66.8 Å². The number of rotatable bonds is 15. The molecule has 0 saturated carbocycles. The van der Waals surface area contributed by atoms with Gasteiger partial charge in [-0.2, -0.15) is 0 Å². The van der Waals surface area contributed by atoms with E-state index in [1.807, 2.05) is 12.2 Å². The molecule has 0 aromatic carbocycles. The van der Waals surface area contributed by atoms with Gasteiger partial charge in [0.1, 0.15) is 5.76 Å². The first kappa shape index (κ1) is 22.2. The average molecular weight is 336 g/mol. The smallest absolute Gasteiger partial charge is 0.303 e. The molecule has 0 atom stereocenters. The van der Waals surface area contributed by atoms with Crippen molar-refractivity contribution in [3.05, 3.63) is 48.3 Å². The Bertz CT molecular complexity index is 419. The Labute approximate surface area is 146 Å². The Morgan fingerprint density at radius 2 is 1.50 bits per heavy atom. The van der Waals surface area contributed by atoms with Gasteiger partial charge in [0, 0.05) is 12.8 Å². The van der Waals surface area contributed by atoms with Gasteiger partial charge in [-0.05, 0) is 44.6 Å². The maximum Gasteiger partial charge on any atom is 0.303 e. The van der Waals surface area contributed by atoms with E-state index in [0.717, 1.165) is 51.4 Å². The summed E-state index contributed by atoms with van der Waals surface area (Å²) in [4.78, 5) is 14.7. The van der Waals surface area contributed by atoms with E-state index in [1.165, 1.54) is 0 Å². The number of carboxylic acid groups (broad SMARTS) is 1. The summed E-state index contributed by atoms with van der Waals surface area (Å²) in [6.07, 6.45) is 22.8. The van der Waals surface area contributed by atoms with Gasteiger partial charge >= 0.3 is 5.97 Å². The van der Waals surface area contributed by atoms with Crippen molar-refractivity contribution in [1.29, 1.82) is 0 Å². The van der Waals surface area contributed by atoms with Gasteiger partial charge in [-0.15, -0.1) is 0 Å². The van der Waals surface area contributed by atoms with Gasteiger partial charge in [0.2, 0.25) is 0 Å². The lowest BCUT2D eigenvalue weighted by Gasteiger charge is -2.01. The van der Waals surface area contributed by atoms with Crippen LogP contribution < -0.4 is 0 Å². The number of hydrogen-bond donors (Lipinski definition) is 2. The van der Waals surface area contributed by atoms with Gasteiger partial charge in [0.25, 0.3) is 0 Å². The molecule has 4 heteroatoms. The molecule has 0 radical (unpaired) electrons. The van der Waals surface area contributed by atoms with Crippen LogP contribution in [0.15, 0.2) is 48.3 Å². The molecule has 0 unspecified atom stereocenters. The van der Waals surface area contributed by atoms with E-state index < -0.39 is 5.97 Å². The summed E-state index contributed by atoms with van der Waals surface area (Å²) in [6, 6.07) is 0. The molecule has 0 spiro atoms. The third kappa shape index (κ3) is 16.6. The summed E-state index contributed by atoms with van der Waals surface area (Å²) in [5.74, 6) is -0.0831. The number of unbranched alkanes of at least 4 members (excludes halogenated alkanes) is 3. The third-order valence-electron chi connectivity index (χ3n) is 3.43. The van der Waals surface area contributed by atoms with Crippen LogP contribution in [-0.4, -0.2) is 16.3 Å². The fourth-order valence-corrected chi connectivity index (χ4v) is 2.06. The van der Waals surface area contributed by atoms with E-state index in [0.29, 0.717) is 12.2 Å². The van der Waals surface area contributed by atoms with Crippen molar-refractivity contribution >= 4 is 5.97 Å². The van der Waals surface area contributed by atoms with Crippen LogP contribution in [0.25, 0.3) is 0 Å². The minimum absolute atomic E-state index is 0.237. The Kier molecular flexibility index (Phi) is 16.2. The predicted octanol–water partition coefficient (Wildman–Crippen LogP) is 6.03. The fourth-order valence-electron chi connectivity index (χ4n) is 2.06. The first-order valence-electron chi connectivity index (χ1n) is 8.88. The highest BCUT2D eigenvalue weighted by Crippen LogP contribution is 2.10. The largest absolute Gasteiger partial charge is 0.481 e. The Balaban J connectivity index is 3.69. The van der Waals surface area contributed by atoms with Crippen molar-refractivity contribution in [2.75, 3.05) is 0 Å². The van der Waals surface area contributed by atoms with Crippen LogP contribution in [0.4, 0.5) is 0 Å². The SMILES string of the molecule is CCCCCC(=CCC=CCC=CCC=CCCCC(=O)O)OO. The van der Waals surface area contributed by atoms with Crippen molar-refractivity contribution in [3.63, 3.8) is 0 Å². The Morgan fingerprint density at radius 1 is 0.875 bits per heavy atom. The zero-order valence-corrected chi connectivity index (χ0v) is 14.8. The number of hydrogen-bond acceptors (Lipinski definition) is 3. The van der Waals surface area contributed by atoms with E-state index >= 15 is 0 Å². The van der Waals surface area contributed by atoms with Gasteiger partial charge in [0.15, 0.2) is 0 Å². The number of carboxylic acids is 1. The predicted molar refractivity (Wildman–Crippen MR) is 98.7 cm³/mol. The van der Waals surface area contributed by atoms with Gasteiger partial charge < -0.3 is 9.99 Å². The van der Waals surface area contributed by atoms with Crippen LogP contribution in [0.1, 0.15) is 71.1 Å². The summed E-state index contributed by atoms with van der Waals surface area (Å²) in [6.45, 7) is 2.15. The summed E-state index contributed by atoms with van der Waals surface area (Å²) in [5, 5.41) is 17.3. The molecular weight excluding hydrogens is 304 g/mol. The monoisotopic (exact) mass is 336 g/mol. The lowest BCUT2D eigenvalue weighted by atomic mass is 10.1. The van der Waals surface area contributed by atoms with E-state index in [4.69, 9.17) is 10.4 Å².